The Morgan fingerprint density at radius 1 is 1.21 bits per heavy atom. The van der Waals surface area contributed by atoms with Crippen LogP contribution in [0.4, 0.5) is 17.1 Å². The fraction of sp³-hybridized carbons (Fsp3) is 0.133. The van der Waals surface area contributed by atoms with Crippen LogP contribution in [0.3, 0.4) is 0 Å². The SMILES string of the molecule is Cc1cc(N2CC(=O)Nc3ccccc32)ccc1Br. The predicted molar refractivity (Wildman–Crippen MR) is 81.0 cm³/mol. The standard InChI is InChI=1S/C15H13BrN2O/c1-10-8-11(6-7-12(10)16)18-9-15(19)17-13-4-2-3-5-14(13)18/h2-8H,9H2,1H3,(H,17,19). The van der Waals surface area contributed by atoms with Gasteiger partial charge in [-0.15, -0.1) is 0 Å². The van der Waals surface area contributed by atoms with E-state index in [9.17, 15) is 4.79 Å². The zero-order valence-electron chi connectivity index (χ0n) is 10.5. The summed E-state index contributed by atoms with van der Waals surface area (Å²) in [7, 11) is 0. The lowest BCUT2D eigenvalue weighted by atomic mass is 10.1. The van der Waals surface area contributed by atoms with Gasteiger partial charge in [-0.1, -0.05) is 28.1 Å². The molecular weight excluding hydrogens is 304 g/mol. The van der Waals surface area contributed by atoms with Gasteiger partial charge >= 0.3 is 0 Å². The summed E-state index contributed by atoms with van der Waals surface area (Å²) < 4.78 is 1.07. The average molecular weight is 317 g/mol. The highest BCUT2D eigenvalue weighted by molar-refractivity contribution is 9.10. The summed E-state index contributed by atoms with van der Waals surface area (Å²) in [5, 5.41) is 2.90. The van der Waals surface area contributed by atoms with Crippen molar-refractivity contribution in [2.45, 2.75) is 6.92 Å². The van der Waals surface area contributed by atoms with Gasteiger partial charge in [-0.2, -0.15) is 0 Å². The zero-order chi connectivity index (χ0) is 13.4. The monoisotopic (exact) mass is 316 g/mol. The number of halogens is 1. The first-order valence-electron chi connectivity index (χ1n) is 6.08. The number of aryl methyl sites for hydroxylation is 1. The normalized spacial score (nSPS) is 14.0. The number of anilines is 3. The molecule has 1 aliphatic heterocycles. The molecule has 2 aromatic carbocycles. The molecule has 0 fully saturated rings. The number of para-hydroxylation sites is 2. The number of carbonyl (C=O) groups excluding carboxylic acids is 1. The summed E-state index contributed by atoms with van der Waals surface area (Å²) in [6, 6.07) is 14.0. The summed E-state index contributed by atoms with van der Waals surface area (Å²) in [4.78, 5) is 13.8. The van der Waals surface area contributed by atoms with Gasteiger partial charge in [0.05, 0.1) is 11.4 Å². The van der Waals surface area contributed by atoms with E-state index in [0.717, 1.165) is 27.1 Å². The summed E-state index contributed by atoms with van der Waals surface area (Å²) in [5.41, 5.74) is 4.08. The van der Waals surface area contributed by atoms with Crippen LogP contribution in [0.5, 0.6) is 0 Å². The minimum absolute atomic E-state index is 0.0132. The van der Waals surface area contributed by atoms with Crippen LogP contribution in [0.25, 0.3) is 0 Å². The molecule has 0 unspecified atom stereocenters. The van der Waals surface area contributed by atoms with E-state index in [-0.39, 0.29) is 5.91 Å². The van der Waals surface area contributed by atoms with Crippen LogP contribution >= 0.6 is 15.9 Å². The van der Waals surface area contributed by atoms with Gasteiger partial charge in [-0.05, 0) is 42.8 Å². The number of fused-ring (bicyclic) bond motifs is 1. The Labute approximate surface area is 120 Å². The Balaban J connectivity index is 2.09. The van der Waals surface area contributed by atoms with E-state index in [4.69, 9.17) is 0 Å². The Morgan fingerprint density at radius 2 is 2.00 bits per heavy atom. The lowest BCUT2D eigenvalue weighted by Crippen LogP contribution is -2.34. The van der Waals surface area contributed by atoms with Crippen LogP contribution in [0.15, 0.2) is 46.9 Å². The van der Waals surface area contributed by atoms with Crippen molar-refractivity contribution in [3.63, 3.8) is 0 Å². The first kappa shape index (κ1) is 12.2. The molecule has 0 aliphatic carbocycles. The van der Waals surface area contributed by atoms with Gasteiger partial charge in [-0.3, -0.25) is 4.79 Å². The van der Waals surface area contributed by atoms with Crippen LogP contribution in [-0.2, 0) is 4.79 Å². The van der Waals surface area contributed by atoms with Crippen molar-refractivity contribution < 1.29 is 4.79 Å². The summed E-state index contributed by atoms with van der Waals surface area (Å²) >= 11 is 3.50. The Kier molecular flexibility index (Phi) is 3.03. The van der Waals surface area contributed by atoms with Crippen molar-refractivity contribution in [1.82, 2.24) is 0 Å². The van der Waals surface area contributed by atoms with Crippen molar-refractivity contribution in [3.05, 3.63) is 52.5 Å². The van der Waals surface area contributed by atoms with Gasteiger partial charge in [0.25, 0.3) is 0 Å². The van der Waals surface area contributed by atoms with Gasteiger partial charge in [0.1, 0.15) is 6.54 Å². The van der Waals surface area contributed by atoms with E-state index in [1.165, 1.54) is 0 Å². The molecule has 0 aromatic heterocycles. The van der Waals surface area contributed by atoms with Crippen molar-refractivity contribution >= 4 is 38.9 Å². The van der Waals surface area contributed by atoms with Crippen molar-refractivity contribution in [2.24, 2.45) is 0 Å². The van der Waals surface area contributed by atoms with Gasteiger partial charge in [0.15, 0.2) is 0 Å². The summed E-state index contributed by atoms with van der Waals surface area (Å²) in [5.74, 6) is 0.0132. The third-order valence-electron chi connectivity index (χ3n) is 3.22. The number of nitrogens with zero attached hydrogens (tertiary/aromatic N) is 1. The molecule has 1 amide bonds. The van der Waals surface area contributed by atoms with E-state index >= 15 is 0 Å². The molecule has 19 heavy (non-hydrogen) atoms. The maximum Gasteiger partial charge on any atom is 0.244 e. The van der Waals surface area contributed by atoms with Crippen molar-refractivity contribution in [2.75, 3.05) is 16.8 Å². The number of carbonyl (C=O) groups is 1. The van der Waals surface area contributed by atoms with Gasteiger partial charge < -0.3 is 10.2 Å². The molecule has 0 atom stereocenters. The van der Waals surface area contributed by atoms with Crippen molar-refractivity contribution in [3.8, 4) is 0 Å². The first-order valence-corrected chi connectivity index (χ1v) is 6.87. The number of rotatable bonds is 1. The minimum atomic E-state index is 0.0132. The molecule has 1 heterocycles. The van der Waals surface area contributed by atoms with Gasteiger partial charge in [-0.25, -0.2) is 0 Å². The van der Waals surface area contributed by atoms with Crippen LogP contribution < -0.4 is 10.2 Å². The molecule has 0 saturated heterocycles. The molecule has 4 heteroatoms. The third kappa shape index (κ3) is 2.24. The maximum atomic E-state index is 11.8. The maximum absolute atomic E-state index is 11.8. The molecule has 96 valence electrons. The fourth-order valence-corrected chi connectivity index (χ4v) is 2.51. The molecular formula is C15H13BrN2O. The second-order valence-electron chi connectivity index (χ2n) is 4.58. The molecule has 0 radical (unpaired) electrons. The van der Waals surface area contributed by atoms with E-state index in [1.807, 2.05) is 48.2 Å². The lowest BCUT2D eigenvalue weighted by Gasteiger charge is -2.31. The molecule has 0 saturated carbocycles. The number of hydrogen-bond acceptors (Lipinski definition) is 2. The van der Waals surface area contributed by atoms with Gasteiger partial charge in [0, 0.05) is 10.2 Å². The van der Waals surface area contributed by atoms with Gasteiger partial charge in [0.2, 0.25) is 5.91 Å². The Morgan fingerprint density at radius 3 is 2.79 bits per heavy atom. The largest absolute Gasteiger partial charge is 0.330 e. The second kappa shape index (κ2) is 4.70. The summed E-state index contributed by atoms with van der Waals surface area (Å²) in [6.07, 6.45) is 0. The van der Waals surface area contributed by atoms with Crippen LogP contribution in [0.1, 0.15) is 5.56 Å². The highest BCUT2D eigenvalue weighted by Gasteiger charge is 2.22. The Hall–Kier alpha value is -1.81. The predicted octanol–water partition coefficient (Wildman–Crippen LogP) is 3.85. The van der Waals surface area contributed by atoms with Crippen LogP contribution in [0, 0.1) is 6.92 Å². The number of benzene rings is 2. The highest BCUT2D eigenvalue weighted by Crippen LogP contribution is 2.35. The molecule has 2 aromatic rings. The first-order chi connectivity index (χ1) is 9.15. The van der Waals surface area contributed by atoms with Crippen molar-refractivity contribution in [1.29, 1.82) is 0 Å². The number of amides is 1. The smallest absolute Gasteiger partial charge is 0.244 e. The average Bonchev–Trinajstić information content (AvgIpc) is 2.41. The van der Waals surface area contributed by atoms with E-state index in [2.05, 4.69) is 27.3 Å². The lowest BCUT2D eigenvalue weighted by molar-refractivity contribution is -0.115. The van der Waals surface area contributed by atoms with E-state index in [1.54, 1.807) is 0 Å². The highest BCUT2D eigenvalue weighted by atomic mass is 79.9. The number of hydrogen-bond donors (Lipinski definition) is 1. The zero-order valence-corrected chi connectivity index (χ0v) is 12.1. The molecule has 3 rings (SSSR count). The quantitative estimate of drug-likeness (QED) is 0.866. The van der Waals surface area contributed by atoms with E-state index < -0.39 is 0 Å². The molecule has 3 nitrogen and oxygen atoms in total. The van der Waals surface area contributed by atoms with E-state index in [0.29, 0.717) is 6.54 Å². The summed E-state index contributed by atoms with van der Waals surface area (Å²) in [6.45, 7) is 2.39. The molecule has 1 aliphatic rings. The topological polar surface area (TPSA) is 32.3 Å². The van der Waals surface area contributed by atoms with Crippen LogP contribution in [0.2, 0.25) is 0 Å². The third-order valence-corrected chi connectivity index (χ3v) is 4.11. The minimum Gasteiger partial charge on any atom is -0.330 e. The number of nitrogens with one attached hydrogen (secondary N) is 1. The molecule has 0 bridgehead atoms. The molecule has 1 N–H and O–H groups in total. The fourth-order valence-electron chi connectivity index (χ4n) is 2.26. The molecule has 0 spiro atoms. The van der Waals surface area contributed by atoms with Crippen LogP contribution in [-0.4, -0.2) is 12.5 Å². The second-order valence-corrected chi connectivity index (χ2v) is 5.44. The Bertz CT molecular complexity index is 654.